The van der Waals surface area contributed by atoms with Gasteiger partial charge in [-0.3, -0.25) is 14.4 Å². The number of aliphatic hydroxyl groups is 1. The molecule has 0 aliphatic carbocycles. The molecule has 45 heavy (non-hydrogen) atoms. The van der Waals surface area contributed by atoms with Gasteiger partial charge in [-0.2, -0.15) is 0 Å². The van der Waals surface area contributed by atoms with Crippen molar-refractivity contribution in [2.45, 2.75) is 103 Å². The van der Waals surface area contributed by atoms with E-state index in [0.29, 0.717) is 43.9 Å². The summed E-state index contributed by atoms with van der Waals surface area (Å²) in [5.41, 5.74) is -2.14. The maximum absolute atomic E-state index is 14.9. The predicted octanol–water partition coefficient (Wildman–Crippen LogP) is 4.98. The Balaban J connectivity index is 1.80. The molecule has 4 rings (SSSR count). The Morgan fingerprint density at radius 3 is 2.27 bits per heavy atom. The van der Waals surface area contributed by atoms with Gasteiger partial charge in [-0.25, -0.2) is 0 Å². The maximum atomic E-state index is 14.9. The first kappa shape index (κ1) is 34.7. The van der Waals surface area contributed by atoms with Gasteiger partial charge in [0, 0.05) is 24.3 Å². The number of likely N-dealkylation sites (tertiary alicyclic amines) is 1. The van der Waals surface area contributed by atoms with Gasteiger partial charge in [0.15, 0.2) is 0 Å². The van der Waals surface area contributed by atoms with Crippen molar-refractivity contribution in [3.63, 3.8) is 0 Å². The zero-order valence-corrected chi connectivity index (χ0v) is 28.5. The molecule has 2 unspecified atom stereocenters. The lowest BCUT2D eigenvalue weighted by atomic mass is 9.65. The second-order valence-electron chi connectivity index (χ2n) is 15.0. The number of benzene rings is 1. The van der Waals surface area contributed by atoms with Gasteiger partial charge in [0.25, 0.3) is 0 Å². The topological polar surface area (TPSA) is 99.6 Å². The van der Waals surface area contributed by atoms with Gasteiger partial charge in [0.1, 0.15) is 17.4 Å². The van der Waals surface area contributed by atoms with Crippen LogP contribution in [0, 0.1) is 17.3 Å². The van der Waals surface area contributed by atoms with E-state index in [4.69, 9.17) is 9.47 Å². The Kier molecular flexibility index (Phi) is 9.68. The number of aliphatic hydroxyl groups excluding tert-OH is 1. The molecule has 248 valence electrons. The zero-order chi connectivity index (χ0) is 33.5. The smallest absolute Gasteiger partial charge is 0.249 e. The van der Waals surface area contributed by atoms with Crippen molar-refractivity contribution in [3.05, 3.63) is 49.6 Å². The normalized spacial score (nSPS) is 28.1. The number of anilines is 1. The lowest BCUT2D eigenvalue weighted by Crippen LogP contribution is -2.62. The molecule has 3 heterocycles. The molecule has 3 aliphatic rings. The highest BCUT2D eigenvalue weighted by atomic mass is 16.5. The van der Waals surface area contributed by atoms with Crippen molar-refractivity contribution in [1.29, 1.82) is 0 Å². The summed E-state index contributed by atoms with van der Waals surface area (Å²) in [4.78, 5) is 49.1. The van der Waals surface area contributed by atoms with Crippen molar-refractivity contribution < 1.29 is 29.0 Å². The van der Waals surface area contributed by atoms with Crippen molar-refractivity contribution in [2.75, 3.05) is 31.2 Å². The van der Waals surface area contributed by atoms with E-state index in [-0.39, 0.29) is 36.3 Å². The summed E-state index contributed by atoms with van der Waals surface area (Å²) >= 11 is 0. The van der Waals surface area contributed by atoms with E-state index in [9.17, 15) is 19.5 Å². The van der Waals surface area contributed by atoms with Crippen LogP contribution in [0.25, 0.3) is 0 Å². The molecule has 1 N–H and O–H groups in total. The number of carbonyl (C=O) groups excluding carboxylic acids is 3. The molecule has 1 spiro atoms. The van der Waals surface area contributed by atoms with Crippen LogP contribution in [0.3, 0.4) is 0 Å². The number of amides is 3. The van der Waals surface area contributed by atoms with Crippen LogP contribution in [0.15, 0.2) is 49.6 Å². The first-order chi connectivity index (χ1) is 21.0. The molecule has 0 aromatic heterocycles. The summed E-state index contributed by atoms with van der Waals surface area (Å²) in [6, 6.07) is 5.64. The molecule has 0 radical (unpaired) electrons. The number of carbonyl (C=O) groups is 3. The van der Waals surface area contributed by atoms with Crippen molar-refractivity contribution >= 4 is 23.4 Å². The van der Waals surface area contributed by atoms with Crippen LogP contribution < -0.4 is 9.64 Å². The molecule has 1 aromatic carbocycles. The van der Waals surface area contributed by atoms with Gasteiger partial charge in [-0.15, -0.1) is 13.2 Å². The second-order valence-corrected chi connectivity index (χ2v) is 15.0. The van der Waals surface area contributed by atoms with E-state index < -0.39 is 40.7 Å². The van der Waals surface area contributed by atoms with Crippen LogP contribution in [-0.4, -0.2) is 87.8 Å². The largest absolute Gasteiger partial charge is 0.494 e. The third-order valence-electron chi connectivity index (χ3n) is 9.76. The van der Waals surface area contributed by atoms with Gasteiger partial charge < -0.3 is 29.3 Å². The minimum atomic E-state index is -1.21. The summed E-state index contributed by atoms with van der Waals surface area (Å²) < 4.78 is 12.5. The highest BCUT2D eigenvalue weighted by molar-refractivity contribution is 6.03. The van der Waals surface area contributed by atoms with Crippen molar-refractivity contribution in [3.8, 4) is 5.75 Å². The quantitative estimate of drug-likeness (QED) is 0.311. The first-order valence-corrected chi connectivity index (χ1v) is 16.2. The lowest BCUT2D eigenvalue weighted by Gasteiger charge is -2.46. The molecule has 0 saturated carbocycles. The van der Waals surface area contributed by atoms with Crippen LogP contribution in [-0.2, 0) is 19.1 Å². The van der Waals surface area contributed by atoms with Gasteiger partial charge in [-0.1, -0.05) is 32.9 Å². The number of fused-ring (bicyclic) bond motifs is 1. The minimum Gasteiger partial charge on any atom is -0.494 e. The first-order valence-electron chi connectivity index (χ1n) is 16.2. The highest BCUT2D eigenvalue weighted by Crippen LogP contribution is 2.64. The molecular weight excluding hydrogens is 570 g/mol. The van der Waals surface area contributed by atoms with Gasteiger partial charge in [0.2, 0.25) is 17.7 Å². The summed E-state index contributed by atoms with van der Waals surface area (Å²) in [5, 5.41) is 10.3. The molecule has 3 fully saturated rings. The van der Waals surface area contributed by atoms with Crippen molar-refractivity contribution in [2.24, 2.45) is 17.3 Å². The number of ether oxygens (including phenoxy) is 2. The molecule has 6 atom stereocenters. The number of rotatable bonds is 13. The van der Waals surface area contributed by atoms with Crippen LogP contribution in [0.5, 0.6) is 5.75 Å². The van der Waals surface area contributed by atoms with E-state index in [1.165, 1.54) is 4.90 Å². The summed E-state index contributed by atoms with van der Waals surface area (Å²) in [7, 11) is 0. The molecule has 2 bridgehead atoms. The average molecular weight is 624 g/mol. The predicted molar refractivity (Wildman–Crippen MR) is 176 cm³/mol. The van der Waals surface area contributed by atoms with Gasteiger partial charge >= 0.3 is 0 Å². The minimum absolute atomic E-state index is 0.0730. The fourth-order valence-electron chi connectivity index (χ4n) is 8.40. The molecule has 9 heteroatoms. The highest BCUT2D eigenvalue weighted by Gasteiger charge is 2.79. The molecular formula is C36H53N3O6. The molecule has 3 amide bonds. The third-order valence-corrected chi connectivity index (χ3v) is 9.76. The van der Waals surface area contributed by atoms with Crippen molar-refractivity contribution in [1.82, 2.24) is 9.80 Å². The van der Waals surface area contributed by atoms with E-state index in [1.807, 2.05) is 52.0 Å². The van der Waals surface area contributed by atoms with Crippen LogP contribution >= 0.6 is 0 Å². The van der Waals surface area contributed by atoms with Crippen LogP contribution in [0.2, 0.25) is 0 Å². The summed E-state index contributed by atoms with van der Waals surface area (Å²) in [5.74, 6) is -1.82. The molecule has 1 aromatic rings. The zero-order valence-electron chi connectivity index (χ0n) is 28.5. The Morgan fingerprint density at radius 2 is 1.73 bits per heavy atom. The Labute approximate surface area is 269 Å². The maximum Gasteiger partial charge on any atom is 0.249 e. The fraction of sp³-hybridized carbons (Fsp3) is 0.639. The third kappa shape index (κ3) is 6.06. The Bertz CT molecular complexity index is 1300. The summed E-state index contributed by atoms with van der Waals surface area (Å²) in [6.45, 7) is 24.6. The SMILES string of the molecule is C=CCN(C(=O)[C@H]1[C@H]2C(=O)N([C@H](C)CO)C(C(=O)N(CC=C)C(C)(C)CC(C)(C)C)C23CC[C@]1(C)O3)c1ccc(OCC)cc1. The van der Waals surface area contributed by atoms with E-state index >= 15 is 0 Å². The van der Waals surface area contributed by atoms with Crippen LogP contribution in [0.4, 0.5) is 5.69 Å². The molecule has 3 saturated heterocycles. The number of hydrogen-bond acceptors (Lipinski definition) is 6. The second kappa shape index (κ2) is 12.6. The van der Waals surface area contributed by atoms with E-state index in [2.05, 4.69) is 33.9 Å². The van der Waals surface area contributed by atoms with E-state index in [1.54, 1.807) is 28.9 Å². The van der Waals surface area contributed by atoms with Gasteiger partial charge in [0.05, 0.1) is 36.7 Å². The monoisotopic (exact) mass is 623 g/mol. The number of hydrogen-bond donors (Lipinski definition) is 1. The van der Waals surface area contributed by atoms with E-state index in [0.717, 1.165) is 0 Å². The molecule has 3 aliphatic heterocycles. The Hall–Kier alpha value is -3.17. The van der Waals surface area contributed by atoms with Crippen LogP contribution in [0.1, 0.15) is 74.7 Å². The summed E-state index contributed by atoms with van der Waals surface area (Å²) in [6.07, 6.45) is 5.06. The van der Waals surface area contributed by atoms with Gasteiger partial charge in [-0.05, 0) is 83.6 Å². The number of nitrogens with zero attached hydrogens (tertiary/aromatic N) is 3. The molecule has 9 nitrogen and oxygen atoms in total. The Morgan fingerprint density at radius 1 is 1.11 bits per heavy atom. The fourth-order valence-corrected chi connectivity index (χ4v) is 8.40. The average Bonchev–Trinajstić information content (AvgIpc) is 3.53. The standard InChI is InChI=1S/C36H53N3O6/c1-11-20-37(25-14-16-26(17-15-25)44-13-3)30(41)27-28-31(42)39(24(4)22-40)29(36(28)19-18-35(27,10)45-36)32(43)38(21-12-2)34(8,9)23-33(5,6)7/h11-12,14-17,24,27-29,40H,1-2,13,18-23H2,3-10H3/t24-,27-,28+,29?,35+,36?/m1/s1. The lowest BCUT2D eigenvalue weighted by molar-refractivity contribution is -0.158.